The number of carbonyl (C=O) groups excluding carboxylic acids is 1. The number of methoxy groups -OCH3 is 1. The monoisotopic (exact) mass is 323 g/mol. The minimum atomic E-state index is 0.160. The molecule has 1 saturated heterocycles. The molecule has 1 aromatic rings. The molecular formula is C17H25NO3S. The molecule has 0 atom stereocenters. The zero-order valence-corrected chi connectivity index (χ0v) is 14.4. The number of carbonyl (C=O) groups is 1. The van der Waals surface area contributed by atoms with Crippen LogP contribution in [-0.2, 0) is 16.0 Å². The summed E-state index contributed by atoms with van der Waals surface area (Å²) in [5, 5.41) is 0. The molecule has 0 unspecified atom stereocenters. The molecule has 4 nitrogen and oxygen atoms in total. The summed E-state index contributed by atoms with van der Waals surface area (Å²) in [4.78, 5) is 14.4. The number of nitrogens with zero attached hydrogens (tertiary/aromatic N) is 1. The summed E-state index contributed by atoms with van der Waals surface area (Å²) in [6.45, 7) is 7.19. The van der Waals surface area contributed by atoms with Crippen molar-refractivity contribution in [3.63, 3.8) is 0 Å². The number of rotatable bonds is 6. The van der Waals surface area contributed by atoms with Gasteiger partial charge in [-0.1, -0.05) is 12.1 Å². The van der Waals surface area contributed by atoms with E-state index in [1.165, 1.54) is 0 Å². The molecule has 0 spiro atoms. The van der Waals surface area contributed by atoms with Crippen LogP contribution < -0.4 is 4.74 Å². The molecule has 0 N–H and O–H groups in total. The largest absolute Gasteiger partial charge is 0.491 e. The molecule has 1 aromatic carbocycles. The number of amides is 1. The molecule has 5 heteroatoms. The van der Waals surface area contributed by atoms with Gasteiger partial charge in [-0.2, -0.15) is 11.8 Å². The lowest BCUT2D eigenvalue weighted by atomic mass is 10.1. The van der Waals surface area contributed by atoms with Crippen LogP contribution in [0.4, 0.5) is 0 Å². The van der Waals surface area contributed by atoms with E-state index in [1.54, 1.807) is 7.11 Å². The highest BCUT2D eigenvalue weighted by atomic mass is 32.2. The zero-order chi connectivity index (χ0) is 16.0. The minimum absolute atomic E-state index is 0.160. The maximum Gasteiger partial charge on any atom is 0.227 e. The second-order valence-corrected chi connectivity index (χ2v) is 7.89. The zero-order valence-electron chi connectivity index (χ0n) is 13.6. The molecule has 0 bridgehead atoms. The molecule has 0 radical (unpaired) electrons. The third-order valence-corrected chi connectivity index (χ3v) is 4.91. The number of hydrogen-bond acceptors (Lipinski definition) is 4. The molecule has 1 heterocycles. The van der Waals surface area contributed by atoms with Gasteiger partial charge < -0.3 is 14.4 Å². The molecule has 2 rings (SSSR count). The fraction of sp³-hybridized carbons (Fsp3) is 0.588. The van der Waals surface area contributed by atoms with Crippen molar-refractivity contribution in [2.75, 3.05) is 39.2 Å². The molecule has 0 aliphatic carbocycles. The first-order valence-electron chi connectivity index (χ1n) is 7.62. The van der Waals surface area contributed by atoms with E-state index in [-0.39, 0.29) is 10.7 Å². The van der Waals surface area contributed by atoms with Crippen molar-refractivity contribution in [1.29, 1.82) is 0 Å². The van der Waals surface area contributed by atoms with Crippen LogP contribution in [0.2, 0.25) is 0 Å². The summed E-state index contributed by atoms with van der Waals surface area (Å²) in [6, 6.07) is 7.75. The Balaban J connectivity index is 1.86. The highest BCUT2D eigenvalue weighted by Gasteiger charge is 2.29. The third kappa shape index (κ3) is 5.21. The van der Waals surface area contributed by atoms with Gasteiger partial charge in [-0.05, 0) is 31.5 Å². The number of benzene rings is 1. The van der Waals surface area contributed by atoms with Crippen LogP contribution in [0.15, 0.2) is 24.3 Å². The van der Waals surface area contributed by atoms with Crippen molar-refractivity contribution < 1.29 is 14.3 Å². The Labute approximate surface area is 137 Å². The van der Waals surface area contributed by atoms with Crippen molar-refractivity contribution in [1.82, 2.24) is 4.90 Å². The van der Waals surface area contributed by atoms with Crippen molar-refractivity contribution >= 4 is 17.7 Å². The van der Waals surface area contributed by atoms with E-state index >= 15 is 0 Å². The van der Waals surface area contributed by atoms with E-state index in [0.29, 0.717) is 19.6 Å². The van der Waals surface area contributed by atoms with Gasteiger partial charge in [-0.3, -0.25) is 4.79 Å². The topological polar surface area (TPSA) is 38.8 Å². The normalized spacial score (nSPS) is 17.3. The van der Waals surface area contributed by atoms with E-state index in [0.717, 1.165) is 30.2 Å². The quantitative estimate of drug-likeness (QED) is 0.754. The molecule has 1 amide bonds. The van der Waals surface area contributed by atoms with E-state index in [1.807, 2.05) is 40.9 Å². The van der Waals surface area contributed by atoms with E-state index in [4.69, 9.17) is 9.47 Å². The average Bonchev–Trinajstić information content (AvgIpc) is 2.48. The van der Waals surface area contributed by atoms with Crippen molar-refractivity contribution in [3.05, 3.63) is 29.8 Å². The van der Waals surface area contributed by atoms with Crippen LogP contribution in [0.25, 0.3) is 0 Å². The van der Waals surface area contributed by atoms with Gasteiger partial charge in [0, 0.05) is 30.7 Å². The molecule has 1 aliphatic heterocycles. The highest BCUT2D eigenvalue weighted by Crippen LogP contribution is 2.29. The van der Waals surface area contributed by atoms with Crippen LogP contribution in [0.3, 0.4) is 0 Å². The Morgan fingerprint density at radius 1 is 1.27 bits per heavy atom. The van der Waals surface area contributed by atoms with Gasteiger partial charge in [-0.25, -0.2) is 0 Å². The highest BCUT2D eigenvalue weighted by molar-refractivity contribution is 8.00. The van der Waals surface area contributed by atoms with Crippen LogP contribution in [0.1, 0.15) is 19.4 Å². The fourth-order valence-corrected chi connectivity index (χ4v) is 3.57. The van der Waals surface area contributed by atoms with Crippen molar-refractivity contribution in [3.8, 4) is 5.75 Å². The molecule has 1 fully saturated rings. The predicted molar refractivity (Wildman–Crippen MR) is 90.6 cm³/mol. The summed E-state index contributed by atoms with van der Waals surface area (Å²) in [5.41, 5.74) is 1.03. The Bertz CT molecular complexity index is 487. The van der Waals surface area contributed by atoms with Crippen molar-refractivity contribution in [2.45, 2.75) is 25.0 Å². The lowest BCUT2D eigenvalue weighted by Gasteiger charge is -2.37. The van der Waals surface area contributed by atoms with Gasteiger partial charge in [0.15, 0.2) is 0 Å². The standard InChI is InChI=1S/C17H25NO3S/c1-17(2)13-18(8-11-22-17)16(19)12-14-4-6-15(7-5-14)21-10-9-20-3/h4-7H,8-13H2,1-3H3. The maximum atomic E-state index is 12.4. The molecule has 22 heavy (non-hydrogen) atoms. The van der Waals surface area contributed by atoms with Gasteiger partial charge >= 0.3 is 0 Å². The minimum Gasteiger partial charge on any atom is -0.491 e. The lowest BCUT2D eigenvalue weighted by molar-refractivity contribution is -0.130. The number of hydrogen-bond donors (Lipinski definition) is 0. The Kier molecular flexibility index (Phi) is 6.15. The van der Waals surface area contributed by atoms with Gasteiger partial charge in [0.1, 0.15) is 12.4 Å². The van der Waals surface area contributed by atoms with Gasteiger partial charge in [0.25, 0.3) is 0 Å². The summed E-state index contributed by atoms with van der Waals surface area (Å²) in [7, 11) is 1.65. The molecule has 0 aromatic heterocycles. The molecule has 0 saturated carbocycles. The Morgan fingerprint density at radius 2 is 2.00 bits per heavy atom. The third-order valence-electron chi connectivity index (χ3n) is 3.61. The van der Waals surface area contributed by atoms with Gasteiger partial charge in [-0.15, -0.1) is 0 Å². The fourth-order valence-electron chi connectivity index (χ4n) is 2.46. The van der Waals surface area contributed by atoms with Crippen LogP contribution >= 0.6 is 11.8 Å². The first-order valence-corrected chi connectivity index (χ1v) is 8.61. The maximum absolute atomic E-state index is 12.4. The number of ether oxygens (including phenoxy) is 2. The Hall–Kier alpha value is -1.20. The number of thioether (sulfide) groups is 1. The summed E-state index contributed by atoms with van der Waals surface area (Å²) < 4.78 is 10.6. The van der Waals surface area contributed by atoms with Crippen LogP contribution in [0, 0.1) is 0 Å². The second kappa shape index (κ2) is 7.88. The van der Waals surface area contributed by atoms with Gasteiger partial charge in [0.2, 0.25) is 5.91 Å². The van der Waals surface area contributed by atoms with E-state index in [9.17, 15) is 4.79 Å². The first kappa shape index (κ1) is 17.2. The Morgan fingerprint density at radius 3 is 2.64 bits per heavy atom. The summed E-state index contributed by atoms with van der Waals surface area (Å²) >= 11 is 1.94. The first-order chi connectivity index (χ1) is 10.5. The van der Waals surface area contributed by atoms with Crippen molar-refractivity contribution in [2.24, 2.45) is 0 Å². The SMILES string of the molecule is COCCOc1ccc(CC(=O)N2CCSC(C)(C)C2)cc1. The van der Waals surface area contributed by atoms with Gasteiger partial charge in [0.05, 0.1) is 13.0 Å². The van der Waals surface area contributed by atoms with E-state index in [2.05, 4.69) is 13.8 Å². The lowest BCUT2D eigenvalue weighted by Crippen LogP contribution is -2.46. The molecular weight excluding hydrogens is 298 g/mol. The summed E-state index contributed by atoms with van der Waals surface area (Å²) in [5.74, 6) is 2.04. The predicted octanol–water partition coefficient (Wildman–Crippen LogP) is 2.61. The molecule has 1 aliphatic rings. The van der Waals surface area contributed by atoms with Crippen LogP contribution in [-0.4, -0.2) is 54.7 Å². The van der Waals surface area contributed by atoms with Crippen LogP contribution in [0.5, 0.6) is 5.75 Å². The van der Waals surface area contributed by atoms with E-state index < -0.39 is 0 Å². The smallest absolute Gasteiger partial charge is 0.227 e. The average molecular weight is 323 g/mol. The summed E-state index contributed by atoms with van der Waals surface area (Å²) in [6.07, 6.45) is 0.457. The second-order valence-electron chi connectivity index (χ2n) is 6.09. The molecule has 122 valence electrons.